The van der Waals surface area contributed by atoms with Crippen LogP contribution < -0.4 is 15.8 Å². The second-order valence-corrected chi connectivity index (χ2v) is 28.2. The van der Waals surface area contributed by atoms with Crippen molar-refractivity contribution in [3.05, 3.63) is 66.2 Å². The predicted octanol–water partition coefficient (Wildman–Crippen LogP) is 9.44. The molecule has 8 saturated carbocycles. The molecule has 44 heavy (non-hydrogen) atoms. The Bertz CT molecular complexity index is 1340. The predicted molar refractivity (Wildman–Crippen MR) is 193 cm³/mol. The van der Waals surface area contributed by atoms with Gasteiger partial charge in [0.15, 0.2) is 0 Å². The fourth-order valence-electron chi connectivity index (χ4n) is 12.7. The Balaban J connectivity index is 1.14. The highest BCUT2D eigenvalue weighted by Crippen LogP contribution is 2.79. The normalized spacial score (nSPS) is 37.7. The summed E-state index contributed by atoms with van der Waals surface area (Å²) in [6.45, 7) is 7.64. The molecule has 8 aliphatic carbocycles. The molecule has 5 heteroatoms. The fraction of sp³-hybridized carbons (Fsp3) is 0.641. The van der Waals surface area contributed by atoms with E-state index in [4.69, 9.17) is 0 Å². The minimum absolute atomic E-state index is 0.0479. The second-order valence-electron chi connectivity index (χ2n) is 17.8. The number of benzene rings is 1. The molecule has 2 N–H and O–H groups in total. The molecule has 0 unspecified atom stereocenters. The van der Waals surface area contributed by atoms with Crippen LogP contribution in [0.5, 0.6) is 0 Å². The van der Waals surface area contributed by atoms with Crippen LogP contribution in [0.3, 0.4) is 0 Å². The lowest BCUT2D eigenvalue weighted by Crippen LogP contribution is -2.56. The third kappa shape index (κ3) is 5.01. The van der Waals surface area contributed by atoms with Gasteiger partial charge in [0.2, 0.25) is 0 Å². The zero-order valence-electron chi connectivity index (χ0n) is 27.5. The quantitative estimate of drug-likeness (QED) is 0.173. The number of hydrogen-bond acceptors (Lipinski definition) is 0. The zero-order chi connectivity index (χ0) is 29.7. The maximum atomic E-state index is 3.41. The maximum Gasteiger partial charge on any atom is 0.0776 e. The van der Waals surface area contributed by atoms with E-state index in [0.29, 0.717) is 10.3 Å². The number of H-pyrrole nitrogens is 2. The average molecular weight is 641 g/mol. The number of hydrogen-bond donors (Lipinski definition) is 2. The van der Waals surface area contributed by atoms with Crippen LogP contribution in [0.1, 0.15) is 88.2 Å². The number of rotatable bonds is 9. The molecule has 0 spiro atoms. The molecular formula is C39H54N2P2Si. The molecule has 3 aromatic rings. The van der Waals surface area contributed by atoms with Crippen molar-refractivity contribution in [2.75, 3.05) is 0 Å². The van der Waals surface area contributed by atoms with E-state index in [0.717, 1.165) is 35.5 Å². The summed E-state index contributed by atoms with van der Waals surface area (Å²) < 4.78 is 0. The summed E-state index contributed by atoms with van der Waals surface area (Å²) in [7, 11) is -1.91. The highest BCUT2D eigenvalue weighted by molar-refractivity contribution is 7.72. The molecule has 0 atom stereocenters. The standard InChI is InChI=1S/C39H54N2P2Si/c1-44(2,3)37-5-4-33(34(16-37)25-42(35-6-8-40-23-35)36-7-9-41-24-36)26-43(38-17-27-10-28(18-38)12-29(11-27)19-38)39-20-30-13-31(21-39)15-32(14-30)22-39/h4-9,16,23-24,27-32,40-41H,10-15,17-22,25-26H2,1-3H3. The first-order chi connectivity index (χ1) is 21.2. The first kappa shape index (κ1) is 29.0. The van der Waals surface area contributed by atoms with Gasteiger partial charge in [-0.05, 0) is 171 Å². The van der Waals surface area contributed by atoms with Crippen LogP contribution in [-0.2, 0) is 12.3 Å². The second kappa shape index (κ2) is 10.7. The largest absolute Gasteiger partial charge is 0.367 e. The summed E-state index contributed by atoms with van der Waals surface area (Å²) in [5.74, 6) is 6.36. The van der Waals surface area contributed by atoms with Gasteiger partial charge in [0, 0.05) is 30.9 Å². The van der Waals surface area contributed by atoms with Gasteiger partial charge in [-0.3, -0.25) is 0 Å². The Labute approximate surface area is 269 Å². The SMILES string of the molecule is C[Si](C)(C)c1ccc(CP(C23CC4CC(CC(C4)C2)C3)C23CC4CC(CC(C4)C2)C3)c(CP(c2cc[nH]c2)c2cc[nH]c2)c1. The van der Waals surface area contributed by atoms with Gasteiger partial charge in [0.1, 0.15) is 0 Å². The summed E-state index contributed by atoms with van der Waals surface area (Å²) in [5.41, 5.74) is 3.48. The van der Waals surface area contributed by atoms with E-state index in [2.05, 4.69) is 84.7 Å². The molecular weight excluding hydrogens is 586 g/mol. The number of aromatic amines is 2. The van der Waals surface area contributed by atoms with Gasteiger partial charge in [0.05, 0.1) is 8.07 Å². The van der Waals surface area contributed by atoms with Crippen molar-refractivity contribution in [2.24, 2.45) is 35.5 Å². The van der Waals surface area contributed by atoms with Crippen molar-refractivity contribution >= 4 is 39.7 Å². The molecule has 1 aromatic carbocycles. The fourth-order valence-corrected chi connectivity index (χ4v) is 21.3. The van der Waals surface area contributed by atoms with Gasteiger partial charge >= 0.3 is 0 Å². The first-order valence-electron chi connectivity index (χ1n) is 18.2. The molecule has 0 aliphatic heterocycles. The van der Waals surface area contributed by atoms with Gasteiger partial charge < -0.3 is 9.97 Å². The molecule has 0 saturated heterocycles. The molecule has 2 heterocycles. The van der Waals surface area contributed by atoms with Gasteiger partial charge in [-0.2, -0.15) is 0 Å². The zero-order valence-corrected chi connectivity index (χ0v) is 30.2. The summed E-state index contributed by atoms with van der Waals surface area (Å²) in [6.07, 6.45) is 30.6. The van der Waals surface area contributed by atoms with Crippen molar-refractivity contribution in [2.45, 2.75) is 119 Å². The van der Waals surface area contributed by atoms with E-state index >= 15 is 0 Å². The van der Waals surface area contributed by atoms with Crippen LogP contribution >= 0.6 is 15.8 Å². The van der Waals surface area contributed by atoms with Gasteiger partial charge in [-0.1, -0.05) is 50.9 Å². The summed E-state index contributed by atoms with van der Waals surface area (Å²) in [4.78, 5) is 6.81. The minimum atomic E-state index is -1.43. The van der Waals surface area contributed by atoms with E-state index in [-0.39, 0.29) is 7.92 Å². The third-order valence-electron chi connectivity index (χ3n) is 13.7. The lowest BCUT2D eigenvalue weighted by Gasteiger charge is -2.67. The minimum Gasteiger partial charge on any atom is -0.367 e. The van der Waals surface area contributed by atoms with Crippen molar-refractivity contribution in [1.82, 2.24) is 9.97 Å². The maximum absolute atomic E-state index is 3.41. The number of aromatic nitrogens is 2. The lowest BCUT2D eigenvalue weighted by atomic mass is 9.55. The molecule has 0 radical (unpaired) electrons. The molecule has 2 aromatic heterocycles. The summed E-state index contributed by atoms with van der Waals surface area (Å²) >= 11 is 0. The van der Waals surface area contributed by atoms with E-state index in [1.165, 1.54) is 22.9 Å². The van der Waals surface area contributed by atoms with E-state index < -0.39 is 16.0 Å². The van der Waals surface area contributed by atoms with Crippen LogP contribution in [-0.4, -0.2) is 28.4 Å². The topological polar surface area (TPSA) is 31.6 Å². The van der Waals surface area contributed by atoms with Crippen molar-refractivity contribution in [1.29, 1.82) is 0 Å². The molecule has 8 aliphatic rings. The Morgan fingerprint density at radius 3 is 1.45 bits per heavy atom. The van der Waals surface area contributed by atoms with Crippen LogP contribution in [0.4, 0.5) is 0 Å². The van der Waals surface area contributed by atoms with Crippen LogP contribution in [0, 0.1) is 35.5 Å². The van der Waals surface area contributed by atoms with Crippen LogP contribution in [0.25, 0.3) is 0 Å². The summed E-state index contributed by atoms with van der Waals surface area (Å²) in [5, 5.41) is 6.03. The number of nitrogens with one attached hydrogen (secondary N) is 2. The Kier molecular flexibility index (Phi) is 7.05. The van der Waals surface area contributed by atoms with E-state index in [9.17, 15) is 0 Å². The van der Waals surface area contributed by atoms with Crippen molar-refractivity contribution < 1.29 is 0 Å². The smallest absolute Gasteiger partial charge is 0.0776 e. The van der Waals surface area contributed by atoms with Crippen LogP contribution in [0.2, 0.25) is 19.6 Å². The highest BCUT2D eigenvalue weighted by atomic mass is 31.1. The molecule has 8 bridgehead atoms. The van der Waals surface area contributed by atoms with Gasteiger partial charge in [-0.25, -0.2) is 0 Å². The van der Waals surface area contributed by atoms with Crippen molar-refractivity contribution in [3.8, 4) is 0 Å². The van der Waals surface area contributed by atoms with Crippen molar-refractivity contribution in [3.63, 3.8) is 0 Å². The Hall–Kier alpha value is -1.14. The van der Waals surface area contributed by atoms with E-state index in [1.807, 2.05) is 0 Å². The van der Waals surface area contributed by atoms with Crippen LogP contribution in [0.15, 0.2) is 55.1 Å². The summed E-state index contributed by atoms with van der Waals surface area (Å²) in [6, 6.07) is 12.7. The Morgan fingerprint density at radius 2 is 1.07 bits per heavy atom. The molecule has 11 rings (SSSR count). The molecule has 0 amide bonds. The van der Waals surface area contributed by atoms with Gasteiger partial charge in [0.25, 0.3) is 0 Å². The van der Waals surface area contributed by atoms with E-state index in [1.54, 1.807) is 93.4 Å². The monoisotopic (exact) mass is 640 g/mol. The van der Waals surface area contributed by atoms with Gasteiger partial charge in [-0.15, -0.1) is 0 Å². The average Bonchev–Trinajstić information content (AvgIpc) is 3.68. The first-order valence-corrected chi connectivity index (χ1v) is 24.7. The lowest BCUT2D eigenvalue weighted by molar-refractivity contribution is 0.0184. The molecule has 2 nitrogen and oxygen atoms in total. The molecule has 8 fully saturated rings. The highest BCUT2D eigenvalue weighted by Gasteiger charge is 2.62. The molecule has 234 valence electrons. The third-order valence-corrected chi connectivity index (χ3v) is 22.2. The Morgan fingerprint density at radius 1 is 0.614 bits per heavy atom.